The second-order valence-electron chi connectivity index (χ2n) is 16.2. The average Bonchev–Trinajstić information content (AvgIpc) is 3.78. The smallest absolute Gasteiger partial charge is 0.315 e. The summed E-state index contributed by atoms with van der Waals surface area (Å²) in [5, 5.41) is 39.4. The SMILES string of the molecule is CC[C@H](C)[C@H](NC(=O)C(CC(=O)NO)CC(C)C)C(=O)N[C@@H](CCC(=O)O)C(=O)NCC(=O)NCC(=O)N[C@@H](CCCCNC(=O)CCCC[C@@H]1SC[C@@H]2NC(=O)N[C@@H]21)C(N)=O. The molecule has 2 aliphatic rings. The molecule has 2 saturated heterocycles. The van der Waals surface area contributed by atoms with Gasteiger partial charge in [-0.15, -0.1) is 0 Å². The molecule has 0 saturated carbocycles. The summed E-state index contributed by atoms with van der Waals surface area (Å²) < 4.78 is 0. The van der Waals surface area contributed by atoms with Gasteiger partial charge in [-0.2, -0.15) is 11.8 Å². The molecule has 0 aromatic rings. The molecule has 1 unspecified atom stereocenters. The van der Waals surface area contributed by atoms with Gasteiger partial charge in [0.15, 0.2) is 0 Å². The van der Waals surface area contributed by atoms with Crippen LogP contribution in [0.15, 0.2) is 0 Å². The molecule has 0 spiro atoms. The number of carbonyl (C=O) groups is 10. The summed E-state index contributed by atoms with van der Waals surface area (Å²) in [6.45, 7) is 6.23. The lowest BCUT2D eigenvalue weighted by molar-refractivity contribution is -0.139. The van der Waals surface area contributed by atoms with Crippen molar-refractivity contribution in [3.8, 4) is 0 Å². The summed E-state index contributed by atoms with van der Waals surface area (Å²) in [6, 6.07) is -3.52. The number of carboxylic acids is 1. The van der Waals surface area contributed by atoms with Gasteiger partial charge in [-0.3, -0.25) is 48.4 Å². The number of fused-ring (bicyclic) bond motifs is 1. The van der Waals surface area contributed by atoms with E-state index < -0.39 is 96.8 Å². The zero-order valence-electron chi connectivity index (χ0n) is 36.0. The van der Waals surface area contributed by atoms with Gasteiger partial charge >= 0.3 is 12.0 Å². The first-order valence-electron chi connectivity index (χ1n) is 21.2. The van der Waals surface area contributed by atoms with Crippen molar-refractivity contribution in [1.82, 2.24) is 48.0 Å². The minimum atomic E-state index is -1.44. The normalized spacial score (nSPS) is 18.9. The Kier molecular flexibility index (Phi) is 23.6. The molecule has 0 aliphatic carbocycles. The molecule has 62 heavy (non-hydrogen) atoms. The molecule has 10 amide bonds. The van der Waals surface area contributed by atoms with E-state index in [1.165, 1.54) is 5.48 Å². The van der Waals surface area contributed by atoms with Gasteiger partial charge in [0.2, 0.25) is 47.3 Å². The Balaban J connectivity index is 1.78. The molecule has 350 valence electrons. The molecular weight excluding hydrogens is 833 g/mol. The van der Waals surface area contributed by atoms with Gasteiger partial charge in [-0.05, 0) is 56.8 Å². The highest BCUT2D eigenvalue weighted by Crippen LogP contribution is 2.33. The van der Waals surface area contributed by atoms with Crippen molar-refractivity contribution in [2.45, 2.75) is 140 Å². The number of nitrogens with one attached hydrogen (secondary N) is 9. The van der Waals surface area contributed by atoms with Crippen molar-refractivity contribution >= 4 is 71.0 Å². The third kappa shape index (κ3) is 19.7. The largest absolute Gasteiger partial charge is 0.481 e. The van der Waals surface area contributed by atoms with Crippen molar-refractivity contribution in [1.29, 1.82) is 0 Å². The van der Waals surface area contributed by atoms with Gasteiger partial charge in [0.25, 0.3) is 0 Å². The topological polar surface area (TPSA) is 345 Å². The maximum atomic E-state index is 13.5. The van der Waals surface area contributed by atoms with E-state index in [9.17, 15) is 53.1 Å². The summed E-state index contributed by atoms with van der Waals surface area (Å²) in [5.41, 5.74) is 6.96. The molecule has 2 heterocycles. The van der Waals surface area contributed by atoms with E-state index >= 15 is 0 Å². The van der Waals surface area contributed by atoms with Crippen LogP contribution in [-0.4, -0.2) is 130 Å². The van der Waals surface area contributed by atoms with E-state index in [1.54, 1.807) is 13.8 Å². The number of carbonyl (C=O) groups excluding carboxylic acids is 9. The number of unbranched alkanes of at least 4 members (excludes halogenated alkanes) is 2. The van der Waals surface area contributed by atoms with Crippen LogP contribution in [0.4, 0.5) is 4.79 Å². The van der Waals surface area contributed by atoms with Crippen LogP contribution in [0.2, 0.25) is 0 Å². The van der Waals surface area contributed by atoms with E-state index in [2.05, 4.69) is 42.5 Å². The summed E-state index contributed by atoms with van der Waals surface area (Å²) in [4.78, 5) is 124. The number of rotatable bonds is 30. The first-order chi connectivity index (χ1) is 29.3. The second kappa shape index (κ2) is 27.7. The number of aliphatic carboxylic acids is 1. The molecule has 8 atom stereocenters. The average molecular weight is 899 g/mol. The molecule has 0 radical (unpaired) electrons. The number of primary amides is 1. The lowest BCUT2D eigenvalue weighted by Gasteiger charge is -2.28. The molecule has 0 bridgehead atoms. The zero-order valence-corrected chi connectivity index (χ0v) is 36.8. The minimum Gasteiger partial charge on any atom is -0.481 e. The third-order valence-corrected chi connectivity index (χ3v) is 12.1. The quantitative estimate of drug-likeness (QED) is 0.0172. The fraction of sp³-hybridized carbons (Fsp3) is 0.744. The first-order valence-corrected chi connectivity index (χ1v) is 22.2. The van der Waals surface area contributed by atoms with E-state index in [1.807, 2.05) is 25.6 Å². The van der Waals surface area contributed by atoms with Crippen molar-refractivity contribution in [3.63, 3.8) is 0 Å². The van der Waals surface area contributed by atoms with Crippen LogP contribution in [0.5, 0.6) is 0 Å². The van der Waals surface area contributed by atoms with Crippen molar-refractivity contribution < 1.29 is 58.3 Å². The highest BCUT2D eigenvalue weighted by molar-refractivity contribution is 8.00. The molecule has 0 aromatic carbocycles. The van der Waals surface area contributed by atoms with Gasteiger partial charge in [0.05, 0.1) is 25.2 Å². The number of urea groups is 1. The summed E-state index contributed by atoms with van der Waals surface area (Å²) in [7, 11) is 0. The Hall–Kier alpha value is -5.19. The number of hydrogen-bond donors (Lipinski definition) is 12. The van der Waals surface area contributed by atoms with Gasteiger partial charge < -0.3 is 53.4 Å². The first kappa shape index (κ1) is 52.9. The molecule has 13 N–H and O–H groups in total. The predicted octanol–water partition coefficient (Wildman–Crippen LogP) is -1.36. The van der Waals surface area contributed by atoms with Gasteiger partial charge in [0.1, 0.15) is 18.1 Å². The van der Waals surface area contributed by atoms with Crippen molar-refractivity contribution in [3.05, 3.63) is 0 Å². The van der Waals surface area contributed by atoms with Crippen LogP contribution in [0.1, 0.15) is 105 Å². The van der Waals surface area contributed by atoms with Crippen LogP contribution >= 0.6 is 11.8 Å². The molecule has 22 nitrogen and oxygen atoms in total. The van der Waals surface area contributed by atoms with E-state index in [-0.39, 0.29) is 55.6 Å². The molecule has 2 rings (SSSR count). The Morgan fingerprint density at radius 2 is 1.48 bits per heavy atom. The lowest BCUT2D eigenvalue weighted by Crippen LogP contribution is -2.57. The maximum Gasteiger partial charge on any atom is 0.315 e. The van der Waals surface area contributed by atoms with Crippen molar-refractivity contribution in [2.24, 2.45) is 23.5 Å². The highest BCUT2D eigenvalue weighted by Gasteiger charge is 2.42. The predicted molar refractivity (Wildman–Crippen MR) is 226 cm³/mol. The number of thioether (sulfide) groups is 1. The van der Waals surface area contributed by atoms with Gasteiger partial charge in [-0.25, -0.2) is 10.3 Å². The van der Waals surface area contributed by atoms with E-state index in [0.717, 1.165) is 18.6 Å². The van der Waals surface area contributed by atoms with Crippen LogP contribution in [0.25, 0.3) is 0 Å². The fourth-order valence-corrected chi connectivity index (χ4v) is 8.56. The Bertz CT molecular complexity index is 1590. The number of amides is 10. The lowest BCUT2D eigenvalue weighted by atomic mass is 9.91. The van der Waals surface area contributed by atoms with Crippen LogP contribution in [-0.2, 0) is 43.2 Å². The Morgan fingerprint density at radius 3 is 2.13 bits per heavy atom. The molecule has 23 heteroatoms. The standard InChI is InChI=1S/C39H66N10O12S/c1-5-22(4)33(47-36(57)23(16-21(2)3)17-29(51)49-61)38(59)45-25(13-14-32(54)55)37(58)43-18-30(52)42-19-31(53)44-24(35(40)56)10-8-9-15-41-28(50)12-7-6-11-27-34-26(20-62-27)46-39(60)48-34/h21-27,33-34,61H,5-20H2,1-4H3,(H2,40,56)(H,41,50)(H,42,52)(H,43,58)(H,44,53)(H,45,59)(H,47,57)(H,49,51)(H,54,55)(H2,46,48,60)/t22-,23?,24-,25-,26-,27-,33-,34-/m0/s1. The minimum absolute atomic E-state index is 0.0142. The maximum absolute atomic E-state index is 13.5. The highest BCUT2D eigenvalue weighted by atomic mass is 32.2. The molecule has 2 fully saturated rings. The van der Waals surface area contributed by atoms with Gasteiger partial charge in [-0.1, -0.05) is 40.5 Å². The molecule has 2 aliphatic heterocycles. The van der Waals surface area contributed by atoms with Crippen LogP contribution < -0.4 is 53.7 Å². The number of carboxylic acid groups (broad SMARTS) is 1. The zero-order chi connectivity index (χ0) is 46.4. The van der Waals surface area contributed by atoms with E-state index in [4.69, 9.17) is 10.9 Å². The monoisotopic (exact) mass is 898 g/mol. The number of nitrogens with two attached hydrogens (primary N) is 1. The molecule has 0 aromatic heterocycles. The number of hydrogen-bond acceptors (Lipinski definition) is 12. The fourth-order valence-electron chi connectivity index (χ4n) is 7.02. The Morgan fingerprint density at radius 1 is 0.774 bits per heavy atom. The van der Waals surface area contributed by atoms with Gasteiger partial charge in [0, 0.05) is 42.7 Å². The van der Waals surface area contributed by atoms with Crippen LogP contribution in [0, 0.1) is 17.8 Å². The number of hydroxylamine groups is 1. The van der Waals surface area contributed by atoms with Crippen LogP contribution in [0.3, 0.4) is 0 Å². The summed E-state index contributed by atoms with van der Waals surface area (Å²) in [6.07, 6.45) is 3.41. The Labute approximate surface area is 365 Å². The summed E-state index contributed by atoms with van der Waals surface area (Å²) >= 11 is 1.83. The third-order valence-electron chi connectivity index (χ3n) is 10.6. The molecular formula is C39H66N10O12S. The van der Waals surface area contributed by atoms with Crippen molar-refractivity contribution in [2.75, 3.05) is 25.4 Å². The second-order valence-corrected chi connectivity index (χ2v) is 17.4. The van der Waals surface area contributed by atoms with E-state index in [0.29, 0.717) is 43.9 Å². The summed E-state index contributed by atoms with van der Waals surface area (Å²) in [5.74, 6) is -7.33.